The molecule has 9 heteroatoms. The topological polar surface area (TPSA) is 83.5 Å². The van der Waals surface area contributed by atoms with Crippen LogP contribution in [-0.4, -0.2) is 10.4 Å². The third kappa shape index (κ3) is 12.6. The monoisotopic (exact) mass is 782 g/mol. The Balaban J connectivity index is 0.000000487. The fourth-order valence-electron chi connectivity index (χ4n) is 5.36. The van der Waals surface area contributed by atoms with Crippen LogP contribution in [0.2, 0.25) is 0 Å². The van der Waals surface area contributed by atoms with Crippen LogP contribution in [0.5, 0.6) is 34.5 Å². The van der Waals surface area contributed by atoms with Gasteiger partial charge in [-0.1, -0.05) is 85.8 Å². The van der Waals surface area contributed by atoms with Crippen LogP contribution >= 0.6 is 16.6 Å². The van der Waals surface area contributed by atoms with Gasteiger partial charge in [0.25, 0.3) is 9.03 Å². The maximum Gasteiger partial charge on any atom is 0.473 e. The summed E-state index contributed by atoms with van der Waals surface area (Å²) in [6.45, 7) is 22.8. The molecule has 5 aromatic carbocycles. The standard InChI is InChI=1S/C33H38O6P2.C8H10O.C5H8/c1-22-13-9-14-23(2)30(22)37-40-36-29-20-12-19-28(21-29)35-33(7,8)41(34,38-31-24(3)15-10-16-25(31)4)39-32-26(5)17-11-18-27(32)6;1-6-4-3-5-7(2)8(6)9;1-3-5-4-2/h9-21,40H,1-8H3;3-5,9H,1-2H3;3H2,1-2H3. The van der Waals surface area contributed by atoms with E-state index in [4.69, 9.17) is 22.8 Å². The van der Waals surface area contributed by atoms with Gasteiger partial charge in [0.1, 0.15) is 34.5 Å². The van der Waals surface area contributed by atoms with Crippen LogP contribution in [0, 0.1) is 67.2 Å². The predicted octanol–water partition coefficient (Wildman–Crippen LogP) is 13.4. The molecule has 1 unspecified atom stereocenters. The molecule has 7 nitrogen and oxygen atoms in total. The summed E-state index contributed by atoms with van der Waals surface area (Å²) in [5.41, 5.74) is 7.38. The van der Waals surface area contributed by atoms with E-state index in [1.54, 1.807) is 26.0 Å². The van der Waals surface area contributed by atoms with Gasteiger partial charge in [0.05, 0.1) is 0 Å². The van der Waals surface area contributed by atoms with Crippen molar-refractivity contribution in [2.75, 3.05) is 0 Å². The lowest BCUT2D eigenvalue weighted by atomic mass is 10.1. The first-order chi connectivity index (χ1) is 26.0. The van der Waals surface area contributed by atoms with Crippen LogP contribution in [-0.2, 0) is 4.57 Å². The maximum absolute atomic E-state index is 14.8. The van der Waals surface area contributed by atoms with E-state index < -0.39 is 12.9 Å². The number of phenols is 1. The highest BCUT2D eigenvalue weighted by Gasteiger charge is 2.50. The summed E-state index contributed by atoms with van der Waals surface area (Å²) in [5, 5.41) is 7.82. The van der Waals surface area contributed by atoms with Crippen LogP contribution < -0.4 is 22.8 Å². The molecule has 0 spiro atoms. The smallest absolute Gasteiger partial charge is 0.473 e. The van der Waals surface area contributed by atoms with E-state index in [2.05, 4.69) is 11.8 Å². The number of ether oxygens (including phenoxy) is 1. The fourth-order valence-corrected chi connectivity index (χ4v) is 7.78. The van der Waals surface area contributed by atoms with Gasteiger partial charge in [-0.15, -0.1) is 11.8 Å². The van der Waals surface area contributed by atoms with E-state index >= 15 is 0 Å². The number of benzene rings is 5. The first kappa shape index (κ1) is 44.5. The van der Waals surface area contributed by atoms with E-state index in [0.717, 1.165) is 56.7 Å². The van der Waals surface area contributed by atoms with E-state index in [0.29, 0.717) is 28.7 Å². The minimum absolute atomic E-state index is 0.250. The van der Waals surface area contributed by atoms with Gasteiger partial charge in [0, 0.05) is 12.5 Å². The van der Waals surface area contributed by atoms with Crippen molar-refractivity contribution in [1.29, 1.82) is 0 Å². The largest absolute Gasteiger partial charge is 0.507 e. The van der Waals surface area contributed by atoms with Gasteiger partial charge in [-0.3, -0.25) is 0 Å². The van der Waals surface area contributed by atoms with E-state index in [1.807, 2.05) is 154 Å². The predicted molar refractivity (Wildman–Crippen MR) is 229 cm³/mol. The molecule has 0 aromatic heterocycles. The summed E-state index contributed by atoms with van der Waals surface area (Å²) in [4.78, 5) is 0. The molecule has 0 amide bonds. The third-order valence-electron chi connectivity index (χ3n) is 8.58. The van der Waals surface area contributed by atoms with Crippen LogP contribution in [0.1, 0.15) is 78.6 Å². The lowest BCUT2D eigenvalue weighted by molar-refractivity contribution is 0.156. The Morgan fingerprint density at radius 2 is 0.982 bits per heavy atom. The molecule has 0 saturated heterocycles. The lowest BCUT2D eigenvalue weighted by Crippen LogP contribution is -2.33. The fraction of sp³-hybridized carbons (Fsp3) is 0.304. The second kappa shape index (κ2) is 20.7. The summed E-state index contributed by atoms with van der Waals surface area (Å²) in [5.74, 6) is 8.90. The molecule has 0 aliphatic carbocycles. The zero-order valence-corrected chi connectivity index (χ0v) is 36.2. The van der Waals surface area contributed by atoms with Crippen molar-refractivity contribution in [3.05, 3.63) is 142 Å². The van der Waals surface area contributed by atoms with E-state index in [1.165, 1.54) is 0 Å². The number of phenolic OH excluding ortho intramolecular Hbond substituents is 1. The molecule has 5 aromatic rings. The molecule has 1 N–H and O–H groups in total. The third-order valence-corrected chi connectivity index (χ3v) is 11.4. The molecule has 0 aliphatic rings. The molecule has 5 rings (SSSR count). The van der Waals surface area contributed by atoms with Crippen LogP contribution in [0.15, 0.2) is 97.1 Å². The van der Waals surface area contributed by atoms with Gasteiger partial charge >= 0.3 is 7.60 Å². The van der Waals surface area contributed by atoms with Gasteiger partial charge in [0.15, 0.2) is 0 Å². The molecule has 0 radical (unpaired) electrons. The number of para-hydroxylation sites is 4. The van der Waals surface area contributed by atoms with Crippen molar-refractivity contribution in [2.24, 2.45) is 0 Å². The average molecular weight is 783 g/mol. The number of aryl methyl sites for hydroxylation is 8. The van der Waals surface area contributed by atoms with Gasteiger partial charge in [0.2, 0.25) is 5.34 Å². The van der Waals surface area contributed by atoms with E-state index in [9.17, 15) is 9.67 Å². The van der Waals surface area contributed by atoms with Gasteiger partial charge < -0.3 is 27.9 Å². The maximum atomic E-state index is 14.8. The number of rotatable bonds is 11. The van der Waals surface area contributed by atoms with Crippen molar-refractivity contribution in [2.45, 2.75) is 94.8 Å². The molecule has 0 aliphatic heterocycles. The normalized spacial score (nSPS) is 10.9. The highest BCUT2D eigenvalue weighted by Crippen LogP contribution is 2.61. The Hall–Kier alpha value is -4.88. The quantitative estimate of drug-likeness (QED) is 0.105. The molecular weight excluding hydrogens is 726 g/mol. The highest BCUT2D eigenvalue weighted by atomic mass is 31.2. The molecule has 55 heavy (non-hydrogen) atoms. The Bertz CT molecular complexity index is 2010. The summed E-state index contributed by atoms with van der Waals surface area (Å²) < 4.78 is 45.7. The number of hydrogen-bond donors (Lipinski definition) is 1. The summed E-state index contributed by atoms with van der Waals surface area (Å²) in [6.07, 6.45) is 0.983. The second-order valence-electron chi connectivity index (χ2n) is 13.7. The summed E-state index contributed by atoms with van der Waals surface area (Å²) in [6, 6.07) is 30.4. The van der Waals surface area contributed by atoms with Crippen molar-refractivity contribution in [1.82, 2.24) is 0 Å². The Morgan fingerprint density at radius 1 is 0.600 bits per heavy atom. The summed E-state index contributed by atoms with van der Waals surface area (Å²) >= 11 is 0. The van der Waals surface area contributed by atoms with Crippen molar-refractivity contribution < 1.29 is 32.5 Å². The van der Waals surface area contributed by atoms with Gasteiger partial charge in [-0.05, 0) is 133 Å². The van der Waals surface area contributed by atoms with Crippen molar-refractivity contribution in [3.8, 4) is 46.3 Å². The number of hydrogen-bond acceptors (Lipinski definition) is 7. The van der Waals surface area contributed by atoms with Crippen molar-refractivity contribution >= 4 is 16.6 Å². The minimum Gasteiger partial charge on any atom is -0.507 e. The SMILES string of the molecule is CC#CCC.Cc1cccc(C)c1O.Cc1cccc(C)c1OPOc1cccc(OC(C)(C)P(=O)(Oc2c(C)cccc2C)Oc2c(C)cccc2C)c1. The molecule has 1 atom stereocenters. The Kier molecular flexibility index (Phi) is 16.8. The summed E-state index contributed by atoms with van der Waals surface area (Å²) in [7, 11) is -4.26. The Labute approximate surface area is 330 Å². The second-order valence-corrected chi connectivity index (χ2v) is 16.7. The number of aromatic hydroxyl groups is 1. The van der Waals surface area contributed by atoms with Gasteiger partial charge in [-0.2, -0.15) is 0 Å². The lowest BCUT2D eigenvalue weighted by Gasteiger charge is -2.34. The highest BCUT2D eigenvalue weighted by molar-refractivity contribution is 7.56. The molecule has 0 heterocycles. The van der Waals surface area contributed by atoms with Crippen molar-refractivity contribution in [3.63, 3.8) is 0 Å². The molecule has 0 fully saturated rings. The van der Waals surface area contributed by atoms with Crippen LogP contribution in [0.3, 0.4) is 0 Å². The molecule has 292 valence electrons. The Morgan fingerprint density at radius 3 is 1.36 bits per heavy atom. The zero-order chi connectivity index (χ0) is 40.8. The first-order valence-corrected chi connectivity index (χ1v) is 20.6. The molecular formula is C46H56O7P2. The van der Waals surface area contributed by atoms with Gasteiger partial charge in [-0.25, -0.2) is 4.57 Å². The molecule has 0 saturated carbocycles. The first-order valence-electron chi connectivity index (χ1n) is 18.2. The van der Waals surface area contributed by atoms with Crippen LogP contribution in [0.4, 0.5) is 0 Å². The minimum atomic E-state index is -4.01. The molecule has 0 bridgehead atoms. The average Bonchev–Trinajstić information content (AvgIpc) is 3.13. The van der Waals surface area contributed by atoms with E-state index in [-0.39, 0.29) is 9.03 Å². The zero-order valence-electron chi connectivity index (χ0n) is 34.3. The van der Waals surface area contributed by atoms with Crippen LogP contribution in [0.25, 0.3) is 0 Å².